The van der Waals surface area contributed by atoms with Gasteiger partial charge in [0.05, 0.1) is 11.7 Å². The van der Waals surface area contributed by atoms with E-state index in [0.717, 1.165) is 0 Å². The van der Waals surface area contributed by atoms with Crippen LogP contribution in [0.15, 0.2) is 30.3 Å². The molecule has 86 valence electrons. The smallest absolute Gasteiger partial charge is 0.338 e. The van der Waals surface area contributed by atoms with Crippen molar-refractivity contribution in [2.45, 2.75) is 25.8 Å². The fraction of sp³-hybridized carbons (Fsp3) is 0.333. The van der Waals surface area contributed by atoms with E-state index < -0.39 is 30.8 Å². The molecule has 0 aliphatic heterocycles. The highest BCUT2D eigenvalue weighted by atomic mass is 16.5. The maximum Gasteiger partial charge on any atom is 0.338 e. The zero-order valence-electron chi connectivity index (χ0n) is 10.8. The van der Waals surface area contributed by atoms with Gasteiger partial charge in [0, 0.05) is 9.14 Å². The molecular weight excluding hydrogens is 208 g/mol. The van der Waals surface area contributed by atoms with E-state index in [1.54, 1.807) is 30.3 Å². The normalized spacial score (nSPS) is 17.6. The number of ether oxygens (including phenoxy) is 1. The maximum absolute atomic E-state index is 11.6. The maximum atomic E-state index is 11.6. The van der Waals surface area contributed by atoms with Crippen LogP contribution in [0.25, 0.3) is 0 Å². The standard InChI is InChI=1S/C12H14O4/c1-9(7-8-11(13)14)16-12(15)10-5-3-2-4-6-10/h2-6,9H,7-8H2,1H3,(H,13,14)/t9-/m1/s1/i7D,8D/t7-,8-,9-. The van der Waals surface area contributed by atoms with Gasteiger partial charge in [-0.2, -0.15) is 0 Å². The first-order chi connectivity index (χ1) is 8.43. The Bertz CT molecular complexity index is 421. The molecule has 0 radical (unpaired) electrons. The lowest BCUT2D eigenvalue weighted by atomic mass is 10.2. The summed E-state index contributed by atoms with van der Waals surface area (Å²) in [4.78, 5) is 22.2. The van der Waals surface area contributed by atoms with Crippen molar-refractivity contribution in [1.82, 2.24) is 0 Å². The lowest BCUT2D eigenvalue weighted by Gasteiger charge is -2.11. The van der Waals surface area contributed by atoms with E-state index in [1.807, 2.05) is 0 Å². The summed E-state index contributed by atoms with van der Waals surface area (Å²) in [6, 6.07) is 8.21. The number of carboxylic acids is 1. The minimum atomic E-state index is -1.64. The van der Waals surface area contributed by atoms with Crippen molar-refractivity contribution in [3.63, 3.8) is 0 Å². The molecule has 0 saturated heterocycles. The van der Waals surface area contributed by atoms with Crippen molar-refractivity contribution < 1.29 is 22.2 Å². The number of esters is 1. The number of hydrogen-bond donors (Lipinski definition) is 1. The van der Waals surface area contributed by atoms with Crippen molar-refractivity contribution in [3.8, 4) is 0 Å². The SMILES string of the molecule is [2H][C@@H]([C@@H](C)OC(=O)c1ccccc1)[C@@H]([2H])C(=O)O. The number of carbonyl (C=O) groups excluding carboxylic acids is 1. The largest absolute Gasteiger partial charge is 0.481 e. The van der Waals surface area contributed by atoms with Gasteiger partial charge in [0.15, 0.2) is 0 Å². The summed E-state index contributed by atoms with van der Waals surface area (Å²) in [7, 11) is 0. The van der Waals surface area contributed by atoms with Crippen molar-refractivity contribution in [1.29, 1.82) is 0 Å². The summed E-state index contributed by atoms with van der Waals surface area (Å²) >= 11 is 0. The van der Waals surface area contributed by atoms with Crippen LogP contribution < -0.4 is 0 Å². The molecule has 0 aliphatic carbocycles. The Balaban J connectivity index is 2.62. The number of aliphatic carboxylic acids is 1. The van der Waals surface area contributed by atoms with Crippen LogP contribution in [-0.4, -0.2) is 23.1 Å². The van der Waals surface area contributed by atoms with E-state index in [0.29, 0.717) is 5.56 Å². The minimum absolute atomic E-state index is 0.327. The second kappa shape index (κ2) is 5.90. The second-order valence-electron chi connectivity index (χ2n) is 3.17. The van der Waals surface area contributed by atoms with E-state index in [-0.39, 0.29) is 0 Å². The molecule has 16 heavy (non-hydrogen) atoms. The molecule has 4 heteroatoms. The van der Waals surface area contributed by atoms with Crippen LogP contribution >= 0.6 is 0 Å². The topological polar surface area (TPSA) is 63.6 Å². The van der Waals surface area contributed by atoms with E-state index >= 15 is 0 Å². The van der Waals surface area contributed by atoms with Gasteiger partial charge in [0.1, 0.15) is 0 Å². The zero-order chi connectivity index (χ0) is 13.7. The lowest BCUT2D eigenvalue weighted by Crippen LogP contribution is -2.16. The summed E-state index contributed by atoms with van der Waals surface area (Å²) < 4.78 is 19.7. The molecule has 0 spiro atoms. The van der Waals surface area contributed by atoms with Gasteiger partial charge < -0.3 is 9.84 Å². The van der Waals surface area contributed by atoms with Crippen LogP contribution in [0.1, 0.15) is 32.8 Å². The van der Waals surface area contributed by atoms with Crippen LogP contribution in [0.2, 0.25) is 0 Å². The van der Waals surface area contributed by atoms with Gasteiger partial charge in [0.25, 0.3) is 0 Å². The molecule has 0 aliphatic rings. The first-order valence-corrected chi connectivity index (χ1v) is 4.77. The number of hydrogen-bond acceptors (Lipinski definition) is 3. The predicted molar refractivity (Wildman–Crippen MR) is 58.2 cm³/mol. The monoisotopic (exact) mass is 224 g/mol. The molecule has 0 aromatic heterocycles. The highest BCUT2D eigenvalue weighted by Gasteiger charge is 2.12. The minimum Gasteiger partial charge on any atom is -0.481 e. The third-order valence-corrected chi connectivity index (χ3v) is 1.81. The van der Waals surface area contributed by atoms with Crippen molar-refractivity contribution in [3.05, 3.63) is 35.9 Å². The third-order valence-electron chi connectivity index (χ3n) is 1.81. The van der Waals surface area contributed by atoms with Gasteiger partial charge in [-0.15, -0.1) is 0 Å². The second-order valence-corrected chi connectivity index (χ2v) is 3.17. The predicted octanol–water partition coefficient (Wildman–Crippen LogP) is 2.10. The molecule has 1 rings (SSSR count). The van der Waals surface area contributed by atoms with Crippen LogP contribution in [0, 0.1) is 0 Å². The van der Waals surface area contributed by atoms with E-state index in [4.69, 9.17) is 12.6 Å². The highest BCUT2D eigenvalue weighted by Crippen LogP contribution is 2.07. The third kappa shape index (κ3) is 4.13. The first kappa shape index (κ1) is 9.39. The number of carboxylic acid groups (broad SMARTS) is 1. The Hall–Kier alpha value is -1.84. The van der Waals surface area contributed by atoms with Crippen LogP contribution in [0.5, 0.6) is 0 Å². The van der Waals surface area contributed by atoms with E-state index in [1.165, 1.54) is 6.92 Å². The quantitative estimate of drug-likeness (QED) is 0.778. The Labute approximate surface area is 96.7 Å². The average Bonchev–Trinajstić information content (AvgIpc) is 2.37. The fourth-order valence-corrected chi connectivity index (χ4v) is 1.07. The summed E-state index contributed by atoms with van der Waals surface area (Å²) in [5, 5.41) is 8.60. The number of rotatable bonds is 5. The Morgan fingerprint density at radius 3 is 2.62 bits per heavy atom. The first-order valence-electron chi connectivity index (χ1n) is 5.92. The summed E-state index contributed by atoms with van der Waals surface area (Å²) in [6.45, 7) is 1.41. The average molecular weight is 224 g/mol. The highest BCUT2D eigenvalue weighted by molar-refractivity contribution is 5.89. The van der Waals surface area contributed by atoms with Crippen LogP contribution in [-0.2, 0) is 9.53 Å². The Morgan fingerprint density at radius 1 is 1.44 bits per heavy atom. The van der Waals surface area contributed by atoms with Gasteiger partial charge in [0.2, 0.25) is 0 Å². The van der Waals surface area contributed by atoms with Crippen LogP contribution in [0.3, 0.4) is 0 Å². The molecule has 1 aromatic rings. The van der Waals surface area contributed by atoms with E-state index in [2.05, 4.69) is 0 Å². The summed E-state index contributed by atoms with van der Waals surface area (Å²) in [5.41, 5.74) is 0.327. The van der Waals surface area contributed by atoms with E-state index in [9.17, 15) is 9.59 Å². The molecule has 0 heterocycles. The molecule has 0 unspecified atom stereocenters. The van der Waals surface area contributed by atoms with Gasteiger partial charge >= 0.3 is 11.9 Å². The molecule has 0 amide bonds. The Kier molecular flexibility index (Phi) is 3.46. The molecule has 4 nitrogen and oxygen atoms in total. The van der Waals surface area contributed by atoms with Crippen molar-refractivity contribution in [2.75, 3.05) is 0 Å². The number of benzene rings is 1. The summed E-state index contributed by atoms with van der Waals surface area (Å²) in [5.74, 6) is -2.03. The fourth-order valence-electron chi connectivity index (χ4n) is 1.07. The molecule has 3 atom stereocenters. The van der Waals surface area contributed by atoms with Crippen molar-refractivity contribution >= 4 is 11.9 Å². The number of carbonyl (C=O) groups is 2. The van der Waals surface area contributed by atoms with Gasteiger partial charge in [-0.3, -0.25) is 4.79 Å². The zero-order valence-corrected chi connectivity index (χ0v) is 8.79. The Morgan fingerprint density at radius 2 is 2.06 bits per heavy atom. The molecule has 1 aromatic carbocycles. The molecule has 1 N–H and O–H groups in total. The summed E-state index contributed by atoms with van der Waals surface area (Å²) in [6.07, 6.45) is -3.92. The van der Waals surface area contributed by atoms with Crippen LogP contribution in [0.4, 0.5) is 0 Å². The molecule has 0 bridgehead atoms. The van der Waals surface area contributed by atoms with Gasteiger partial charge in [-0.25, -0.2) is 4.79 Å². The lowest BCUT2D eigenvalue weighted by molar-refractivity contribution is -0.137. The van der Waals surface area contributed by atoms with Gasteiger partial charge in [-0.05, 0) is 25.5 Å². The molecule has 0 saturated carbocycles. The molecular formula is C12H14O4. The van der Waals surface area contributed by atoms with Gasteiger partial charge in [-0.1, -0.05) is 18.2 Å². The molecule has 0 fully saturated rings. The van der Waals surface area contributed by atoms with Crippen molar-refractivity contribution in [2.24, 2.45) is 0 Å².